The molecule has 0 fully saturated rings. The van der Waals surface area contributed by atoms with E-state index in [4.69, 9.17) is 14.6 Å². The highest BCUT2D eigenvalue weighted by atomic mass is 16.5. The molecule has 5 nitrogen and oxygen atoms in total. The molecule has 0 aliphatic heterocycles. The molecule has 1 N–H and O–H groups in total. The van der Waals surface area contributed by atoms with Crippen LogP contribution in [0.15, 0.2) is 36.5 Å². The number of nitrogens with zero attached hydrogens (tertiary/aromatic N) is 1. The van der Waals surface area contributed by atoms with Gasteiger partial charge in [-0.15, -0.1) is 0 Å². The minimum atomic E-state index is -1.01. The van der Waals surface area contributed by atoms with Crippen LogP contribution in [-0.4, -0.2) is 30.3 Å². The predicted molar refractivity (Wildman–Crippen MR) is 69.7 cm³/mol. The molecule has 98 valence electrons. The van der Waals surface area contributed by atoms with E-state index in [9.17, 15) is 4.79 Å². The number of carboxylic acid groups (broad SMARTS) is 1. The Hall–Kier alpha value is -2.56. The SMILES string of the molecule is COc1cc(C(=O)O)cc(-c2cccnc2OC)c1. The van der Waals surface area contributed by atoms with Crippen molar-refractivity contribution < 1.29 is 19.4 Å². The van der Waals surface area contributed by atoms with E-state index in [1.54, 1.807) is 24.4 Å². The van der Waals surface area contributed by atoms with Crippen molar-refractivity contribution in [2.75, 3.05) is 14.2 Å². The second-order valence-electron chi connectivity index (χ2n) is 3.82. The molecule has 19 heavy (non-hydrogen) atoms. The van der Waals surface area contributed by atoms with Gasteiger partial charge in [-0.05, 0) is 35.9 Å². The van der Waals surface area contributed by atoms with Crippen molar-refractivity contribution in [1.82, 2.24) is 4.98 Å². The van der Waals surface area contributed by atoms with E-state index < -0.39 is 5.97 Å². The van der Waals surface area contributed by atoms with Crippen molar-refractivity contribution in [3.63, 3.8) is 0 Å². The van der Waals surface area contributed by atoms with Crippen LogP contribution in [0.1, 0.15) is 10.4 Å². The Bertz CT molecular complexity index is 610. The van der Waals surface area contributed by atoms with Gasteiger partial charge in [-0.25, -0.2) is 9.78 Å². The van der Waals surface area contributed by atoms with Crippen molar-refractivity contribution >= 4 is 5.97 Å². The first-order valence-electron chi connectivity index (χ1n) is 5.57. The first kappa shape index (κ1) is 12.9. The molecule has 5 heteroatoms. The van der Waals surface area contributed by atoms with Crippen molar-refractivity contribution in [3.8, 4) is 22.8 Å². The largest absolute Gasteiger partial charge is 0.497 e. The summed E-state index contributed by atoms with van der Waals surface area (Å²) in [7, 11) is 3.01. The third-order valence-electron chi connectivity index (χ3n) is 2.66. The Kier molecular flexibility index (Phi) is 3.66. The number of hydrogen-bond acceptors (Lipinski definition) is 4. The van der Waals surface area contributed by atoms with Gasteiger partial charge in [-0.3, -0.25) is 0 Å². The molecule has 2 rings (SSSR count). The molecule has 0 saturated heterocycles. The summed E-state index contributed by atoms with van der Waals surface area (Å²) in [5.74, 6) is -0.101. The Morgan fingerprint density at radius 1 is 1.21 bits per heavy atom. The fourth-order valence-corrected chi connectivity index (χ4v) is 1.77. The van der Waals surface area contributed by atoms with Gasteiger partial charge in [0.25, 0.3) is 0 Å². The van der Waals surface area contributed by atoms with Crippen LogP contribution in [0, 0.1) is 0 Å². The van der Waals surface area contributed by atoms with Crippen molar-refractivity contribution in [1.29, 1.82) is 0 Å². The van der Waals surface area contributed by atoms with Crippen LogP contribution in [0.25, 0.3) is 11.1 Å². The zero-order valence-electron chi connectivity index (χ0n) is 10.6. The van der Waals surface area contributed by atoms with Crippen LogP contribution < -0.4 is 9.47 Å². The molecule has 1 heterocycles. The Labute approximate surface area is 110 Å². The van der Waals surface area contributed by atoms with Crippen LogP contribution in [0.3, 0.4) is 0 Å². The van der Waals surface area contributed by atoms with Gasteiger partial charge in [-0.1, -0.05) is 0 Å². The highest BCUT2D eigenvalue weighted by molar-refractivity contribution is 5.90. The minimum Gasteiger partial charge on any atom is -0.497 e. The molecule has 0 spiro atoms. The van der Waals surface area contributed by atoms with Crippen LogP contribution in [0.2, 0.25) is 0 Å². The van der Waals surface area contributed by atoms with E-state index in [-0.39, 0.29) is 5.56 Å². The van der Waals surface area contributed by atoms with Gasteiger partial charge in [0, 0.05) is 11.8 Å². The van der Waals surface area contributed by atoms with Crippen molar-refractivity contribution in [2.45, 2.75) is 0 Å². The molecule has 0 radical (unpaired) electrons. The third-order valence-corrected chi connectivity index (χ3v) is 2.66. The number of rotatable bonds is 4. The number of ether oxygens (including phenoxy) is 2. The minimum absolute atomic E-state index is 0.153. The Balaban J connectivity index is 2.61. The summed E-state index contributed by atoms with van der Waals surface area (Å²) in [5.41, 5.74) is 1.55. The number of hydrogen-bond donors (Lipinski definition) is 1. The van der Waals surface area contributed by atoms with Crippen LogP contribution in [-0.2, 0) is 0 Å². The summed E-state index contributed by atoms with van der Waals surface area (Å²) in [6.45, 7) is 0. The lowest BCUT2D eigenvalue weighted by Gasteiger charge is -2.09. The van der Waals surface area contributed by atoms with Gasteiger partial charge in [-0.2, -0.15) is 0 Å². The second-order valence-corrected chi connectivity index (χ2v) is 3.82. The number of benzene rings is 1. The van der Waals surface area contributed by atoms with E-state index in [2.05, 4.69) is 4.98 Å². The van der Waals surface area contributed by atoms with E-state index >= 15 is 0 Å². The molecule has 0 amide bonds. The molecular formula is C14H13NO4. The van der Waals surface area contributed by atoms with Gasteiger partial charge < -0.3 is 14.6 Å². The molecule has 0 atom stereocenters. The topological polar surface area (TPSA) is 68.7 Å². The molecular weight excluding hydrogens is 246 g/mol. The summed E-state index contributed by atoms with van der Waals surface area (Å²) < 4.78 is 10.3. The fourth-order valence-electron chi connectivity index (χ4n) is 1.77. The summed E-state index contributed by atoms with van der Waals surface area (Å²) in [6.07, 6.45) is 1.61. The molecule has 1 aromatic heterocycles. The average molecular weight is 259 g/mol. The summed E-state index contributed by atoms with van der Waals surface area (Å²) in [6, 6.07) is 8.34. The van der Waals surface area contributed by atoms with Crippen LogP contribution in [0.4, 0.5) is 0 Å². The highest BCUT2D eigenvalue weighted by Crippen LogP contribution is 2.31. The standard InChI is InChI=1S/C14H13NO4/c1-18-11-7-9(6-10(8-11)14(16)17)12-4-3-5-15-13(12)19-2/h3-8H,1-2H3,(H,16,17). The lowest BCUT2D eigenvalue weighted by atomic mass is 10.0. The Morgan fingerprint density at radius 3 is 2.63 bits per heavy atom. The molecule has 2 aromatic rings. The third kappa shape index (κ3) is 2.65. The number of pyridine rings is 1. The molecule has 0 aliphatic rings. The van der Waals surface area contributed by atoms with E-state index in [1.807, 2.05) is 6.07 Å². The lowest BCUT2D eigenvalue weighted by Crippen LogP contribution is -1.99. The summed E-state index contributed by atoms with van der Waals surface area (Å²) in [5, 5.41) is 9.10. The van der Waals surface area contributed by atoms with E-state index in [1.165, 1.54) is 20.3 Å². The number of carbonyl (C=O) groups is 1. The highest BCUT2D eigenvalue weighted by Gasteiger charge is 2.12. The Morgan fingerprint density at radius 2 is 2.00 bits per heavy atom. The molecule has 1 aromatic carbocycles. The van der Waals surface area contributed by atoms with E-state index in [0.717, 1.165) is 0 Å². The smallest absolute Gasteiger partial charge is 0.335 e. The number of aromatic carboxylic acids is 1. The number of carboxylic acids is 1. The van der Waals surface area contributed by atoms with Gasteiger partial charge in [0.15, 0.2) is 0 Å². The first-order valence-corrected chi connectivity index (χ1v) is 5.57. The normalized spacial score (nSPS) is 10.0. The first-order chi connectivity index (χ1) is 9.15. The van der Waals surface area contributed by atoms with Crippen molar-refractivity contribution in [2.24, 2.45) is 0 Å². The van der Waals surface area contributed by atoms with Crippen LogP contribution >= 0.6 is 0 Å². The van der Waals surface area contributed by atoms with Crippen molar-refractivity contribution in [3.05, 3.63) is 42.1 Å². The van der Waals surface area contributed by atoms with E-state index in [0.29, 0.717) is 22.8 Å². The zero-order valence-corrected chi connectivity index (χ0v) is 10.6. The van der Waals surface area contributed by atoms with Gasteiger partial charge >= 0.3 is 5.97 Å². The van der Waals surface area contributed by atoms with Gasteiger partial charge in [0.05, 0.1) is 19.8 Å². The van der Waals surface area contributed by atoms with Gasteiger partial charge in [0.1, 0.15) is 5.75 Å². The van der Waals surface area contributed by atoms with Gasteiger partial charge in [0.2, 0.25) is 5.88 Å². The maximum absolute atomic E-state index is 11.1. The van der Waals surface area contributed by atoms with Crippen LogP contribution in [0.5, 0.6) is 11.6 Å². The monoisotopic (exact) mass is 259 g/mol. The average Bonchev–Trinajstić information content (AvgIpc) is 2.46. The quantitative estimate of drug-likeness (QED) is 0.913. The predicted octanol–water partition coefficient (Wildman–Crippen LogP) is 2.46. The maximum atomic E-state index is 11.1. The molecule has 0 bridgehead atoms. The molecule has 0 saturated carbocycles. The summed E-state index contributed by atoms with van der Waals surface area (Å²) >= 11 is 0. The number of aromatic nitrogens is 1. The molecule has 0 aliphatic carbocycles. The maximum Gasteiger partial charge on any atom is 0.335 e. The molecule has 0 unspecified atom stereocenters. The second kappa shape index (κ2) is 5.39. The summed E-state index contributed by atoms with van der Waals surface area (Å²) in [4.78, 5) is 15.2. The number of methoxy groups -OCH3 is 2. The lowest BCUT2D eigenvalue weighted by molar-refractivity contribution is 0.0696. The fraction of sp³-hybridized carbons (Fsp3) is 0.143. The zero-order chi connectivity index (χ0) is 13.8.